The molecule has 29 atom stereocenters. The van der Waals surface area contributed by atoms with E-state index in [2.05, 4.69) is 41.6 Å². The Hall–Kier alpha value is -4.24. The van der Waals surface area contributed by atoms with Crippen LogP contribution in [0.5, 0.6) is 0 Å². The Labute approximate surface area is 694 Å². The molecule has 35 nitrogen and oxygen atoms in total. The fourth-order valence-corrected chi connectivity index (χ4v) is 16.1. The zero-order chi connectivity index (χ0) is 86.4. The Morgan fingerprint density at radius 3 is 1.47 bits per heavy atom. The van der Waals surface area contributed by atoms with E-state index in [9.17, 15) is 106 Å². The molecule has 5 saturated heterocycles. The number of carbonyl (C=O) groups excluding carboxylic acids is 3. The van der Waals surface area contributed by atoms with Crippen LogP contribution in [0.2, 0.25) is 0 Å². The summed E-state index contributed by atoms with van der Waals surface area (Å²) in [5, 5.41) is 201. The van der Waals surface area contributed by atoms with Gasteiger partial charge in [0.15, 0.2) is 25.2 Å². The van der Waals surface area contributed by atoms with E-state index in [1.165, 1.54) is 57.8 Å². The quantitative estimate of drug-likeness (QED) is 0.0401. The number of carboxylic acid groups (broad SMARTS) is 1. The summed E-state index contributed by atoms with van der Waals surface area (Å²) in [4.78, 5) is 56.4. The van der Waals surface area contributed by atoms with Crippen LogP contribution in [0.25, 0.3) is 6.08 Å². The van der Waals surface area contributed by atoms with E-state index in [1.807, 2.05) is 42.5 Å². The Morgan fingerprint density at radius 2 is 0.958 bits per heavy atom. The number of aliphatic carboxylic acids is 1. The van der Waals surface area contributed by atoms with E-state index in [0.717, 1.165) is 129 Å². The molecule has 118 heavy (non-hydrogen) atoms. The lowest BCUT2D eigenvalue weighted by Crippen LogP contribution is -2.72. The Balaban J connectivity index is 1.34. The number of aliphatic hydroxyl groups excluding tert-OH is 16. The van der Waals surface area contributed by atoms with Gasteiger partial charge >= 0.3 is 5.97 Å². The van der Waals surface area contributed by atoms with Crippen LogP contribution in [0.3, 0.4) is 0 Å². The molecule has 0 bridgehead atoms. The fraction of sp³-hybridized carbons (Fsp3) is 0.855. The van der Waals surface area contributed by atoms with E-state index in [4.69, 9.17) is 47.4 Å². The number of nitrogens with zero attached hydrogens (tertiary/aromatic N) is 1. The van der Waals surface area contributed by atoms with Crippen LogP contribution in [0.15, 0.2) is 36.4 Å². The van der Waals surface area contributed by atoms with Gasteiger partial charge in [-0.2, -0.15) is 0 Å². The van der Waals surface area contributed by atoms with Crippen LogP contribution < -0.4 is 16.0 Å². The first-order valence-electron chi connectivity index (χ1n) is 43.3. The van der Waals surface area contributed by atoms with Gasteiger partial charge in [0.05, 0.1) is 70.0 Å². The minimum Gasteiger partial charge on any atom is -0.477 e. The summed E-state index contributed by atoms with van der Waals surface area (Å²) in [6.45, 7) is 3.58. The highest BCUT2D eigenvalue weighted by Crippen LogP contribution is 2.41. The third-order valence-corrected chi connectivity index (χ3v) is 22.9. The third-order valence-electron chi connectivity index (χ3n) is 22.9. The molecule has 682 valence electrons. The van der Waals surface area contributed by atoms with Crippen molar-refractivity contribution < 1.29 is 153 Å². The zero-order valence-electron chi connectivity index (χ0n) is 69.6. The van der Waals surface area contributed by atoms with E-state index < -0.39 is 241 Å². The molecule has 5 fully saturated rings. The number of ether oxygens (including phenoxy) is 10. The van der Waals surface area contributed by atoms with Crippen LogP contribution in [-0.4, -0.2) is 345 Å². The highest BCUT2D eigenvalue weighted by Gasteiger charge is 2.62. The van der Waals surface area contributed by atoms with Gasteiger partial charge in [0.2, 0.25) is 17.7 Å². The van der Waals surface area contributed by atoms with Crippen molar-refractivity contribution in [2.75, 3.05) is 52.7 Å². The minimum absolute atomic E-state index is 0.108. The lowest BCUT2D eigenvalue weighted by molar-refractivity contribution is -0.403. The van der Waals surface area contributed by atoms with Gasteiger partial charge in [-0.15, -0.1) is 0 Å². The van der Waals surface area contributed by atoms with Gasteiger partial charge in [-0.1, -0.05) is 217 Å². The molecule has 0 aliphatic carbocycles. The largest absolute Gasteiger partial charge is 0.477 e. The van der Waals surface area contributed by atoms with Crippen molar-refractivity contribution in [1.82, 2.24) is 20.9 Å². The highest BCUT2D eigenvalue weighted by atomic mass is 16.8. The lowest BCUT2D eigenvalue weighted by atomic mass is 9.88. The maximum Gasteiger partial charge on any atom is 0.364 e. The molecule has 5 heterocycles. The summed E-state index contributed by atoms with van der Waals surface area (Å²) in [5.41, 5.74) is 0.853. The van der Waals surface area contributed by atoms with Crippen molar-refractivity contribution in [3.05, 3.63) is 42.0 Å². The predicted molar refractivity (Wildman–Crippen MR) is 426 cm³/mol. The summed E-state index contributed by atoms with van der Waals surface area (Å²) in [6, 6.07) is 3.90. The van der Waals surface area contributed by atoms with E-state index in [-0.39, 0.29) is 12.3 Å². The molecule has 0 saturated carbocycles. The van der Waals surface area contributed by atoms with Crippen molar-refractivity contribution in [3.8, 4) is 0 Å². The number of hydrogen-bond acceptors (Lipinski definition) is 31. The van der Waals surface area contributed by atoms with Gasteiger partial charge in [0, 0.05) is 26.7 Å². The molecule has 6 rings (SSSR count). The van der Waals surface area contributed by atoms with Crippen LogP contribution in [0.1, 0.15) is 226 Å². The molecule has 0 aromatic heterocycles. The monoisotopic (exact) mass is 1690 g/mol. The Kier molecular flexibility index (Phi) is 47.4. The number of nitrogens with one attached hydrogen (secondary N) is 3. The van der Waals surface area contributed by atoms with Crippen molar-refractivity contribution in [2.45, 2.75) is 398 Å². The summed E-state index contributed by atoms with van der Waals surface area (Å²) in [7, 11) is 0. The SMILES string of the molecule is CCCCCCCCCCCCCCCCCC(=O)N[C@@H](CO[C@@H]1O[C@H](CO)[C@@H](O[C@@H]2O[C@H](CO)[C@H](O[C@@H]3O[C@H](CO)[C@H](O)[C@H](O[C@@H]4O[C@H](CO)[C@H](O)[C@H](O)[C@H]4O)[C@H]3NC(C)=O)[C@H](O[C@]3(C(=O)O)C[C@H](O)C(NC(C)=O)C([C@H](O)[C@H](O)CO)O3)[C@H]2O)[C@H](O)[C@H]1O)[C@H](O)C(/C=C/c1ccccc1)N(CCCCCCCC)CCCCCCCC. The molecule has 0 radical (unpaired) electrons. The molecule has 1 aromatic rings. The summed E-state index contributed by atoms with van der Waals surface area (Å²) < 4.78 is 61.2. The van der Waals surface area contributed by atoms with Gasteiger partial charge in [0.25, 0.3) is 5.79 Å². The average Bonchev–Trinajstić information content (AvgIpc) is 0.712. The highest BCUT2D eigenvalue weighted by molar-refractivity contribution is 5.77. The second kappa shape index (κ2) is 54.5. The smallest absolute Gasteiger partial charge is 0.364 e. The van der Waals surface area contributed by atoms with Crippen molar-refractivity contribution in [2.24, 2.45) is 0 Å². The number of carbonyl (C=O) groups is 4. The number of unbranched alkanes of at least 4 members (excludes halogenated alkanes) is 24. The van der Waals surface area contributed by atoms with Crippen molar-refractivity contribution in [3.63, 3.8) is 0 Å². The lowest BCUT2D eigenvalue weighted by Gasteiger charge is -2.52. The van der Waals surface area contributed by atoms with Crippen LogP contribution in [0, 0.1) is 0 Å². The van der Waals surface area contributed by atoms with Crippen LogP contribution in [0.4, 0.5) is 0 Å². The van der Waals surface area contributed by atoms with Crippen molar-refractivity contribution in [1.29, 1.82) is 0 Å². The topological polar surface area (TPSA) is 544 Å². The van der Waals surface area contributed by atoms with Crippen molar-refractivity contribution >= 4 is 29.8 Å². The number of carboxylic acids is 1. The molecule has 35 heteroatoms. The van der Waals surface area contributed by atoms with Gasteiger partial charge in [-0.05, 0) is 37.9 Å². The van der Waals surface area contributed by atoms with Gasteiger partial charge in [-0.3, -0.25) is 19.3 Å². The molecule has 20 N–H and O–H groups in total. The molecule has 1 aromatic carbocycles. The molecular formula is C83H144N4O31. The van der Waals surface area contributed by atoms with Gasteiger partial charge in [0.1, 0.15) is 116 Å². The molecule has 0 spiro atoms. The summed E-state index contributed by atoms with van der Waals surface area (Å²) in [5.74, 6) is -7.73. The van der Waals surface area contributed by atoms with Gasteiger partial charge < -0.3 is 150 Å². The van der Waals surface area contributed by atoms with Crippen LogP contribution in [-0.2, 0) is 66.5 Å². The normalized spacial score (nSPS) is 32.8. The molecule has 3 amide bonds. The predicted octanol–water partition coefficient (Wildman–Crippen LogP) is 0.805. The maximum absolute atomic E-state index is 14.4. The number of benzene rings is 1. The third kappa shape index (κ3) is 31.2. The molecule has 5 aliphatic rings. The zero-order valence-corrected chi connectivity index (χ0v) is 69.6. The second-order valence-corrected chi connectivity index (χ2v) is 32.4. The number of hydrogen-bond donors (Lipinski definition) is 20. The van der Waals surface area contributed by atoms with E-state index >= 15 is 0 Å². The Bertz CT molecular complexity index is 2940. The number of aliphatic hydroxyl groups is 16. The molecule has 5 aliphatic heterocycles. The van der Waals surface area contributed by atoms with Crippen LogP contribution >= 0.6 is 0 Å². The summed E-state index contributed by atoms with van der Waals surface area (Å²) >= 11 is 0. The minimum atomic E-state index is -3.40. The maximum atomic E-state index is 14.4. The summed E-state index contributed by atoms with van der Waals surface area (Å²) in [6.07, 6.45) is -18.1. The Morgan fingerprint density at radius 1 is 0.508 bits per heavy atom. The van der Waals surface area contributed by atoms with Gasteiger partial charge in [-0.25, -0.2) is 4.79 Å². The molecule has 3 unspecified atom stereocenters. The average molecular weight is 1690 g/mol. The molecular weight excluding hydrogens is 1550 g/mol. The van der Waals surface area contributed by atoms with E-state index in [0.29, 0.717) is 19.5 Å². The first kappa shape index (κ1) is 103. The first-order chi connectivity index (χ1) is 56.7. The number of rotatable bonds is 57. The number of amides is 3. The standard InChI is InChI=1S/C83H144N4O31/c1-6-9-12-15-18-19-20-21-22-23-24-25-26-27-33-38-61(97)86-53(64(98)54(40-39-52-36-31-30-32-37-52)87(41-34-28-16-13-10-7-2)42-35-29-17-14-11-8-3)49-109-79-71(105)69(103)73(59(47-91)112-79)114-81-72(106)77(118-83(82(107)108)43-55(95)62(84-50(4)93)76(117-83)65(99)56(96)44-88)74(60(48-92)113-81)115-78-63(85-51(5)94)75(67(101)58(46-90)110-78)116-80-70(104)68(102)66(100)57(45-89)111-80/h30-32,36-37,39-40,53-60,62-81,88-92,95-96,98-106H,6-29,33-35,38,41-49H2,1-5H3,(H,84,93)(H,85,94)(H,86,97)(H,107,108)/b40-39+/t53-,54?,55-,56+,57+,58+,59+,60+,62?,63+,64-,65+,66-,67-,68-,69+,70+,71+,72+,73+,74-,75+,76?,77+,78-,79+,80-,81-,83-/m0/s1. The van der Waals surface area contributed by atoms with E-state index in [1.54, 1.807) is 0 Å². The fourth-order valence-electron chi connectivity index (χ4n) is 16.1. The second-order valence-electron chi connectivity index (χ2n) is 32.4. The first-order valence-corrected chi connectivity index (χ1v) is 43.3.